The fourth-order valence-corrected chi connectivity index (χ4v) is 5.03. The zero-order valence-corrected chi connectivity index (χ0v) is 18.8. The maximum Gasteiger partial charge on any atom is 0.573 e. The number of benzene rings is 1. The molecule has 4 rings (SSSR count). The Morgan fingerprint density at radius 2 is 1.68 bits per heavy atom. The van der Waals surface area contributed by atoms with E-state index in [1.165, 1.54) is 18.5 Å². The Kier molecular flexibility index (Phi) is 6.57. The van der Waals surface area contributed by atoms with Crippen molar-refractivity contribution in [3.8, 4) is 5.75 Å². The number of piperazine rings is 1. The largest absolute Gasteiger partial charge is 0.573 e. The number of aromatic nitrogens is 3. The van der Waals surface area contributed by atoms with Crippen LogP contribution in [0.3, 0.4) is 0 Å². The lowest BCUT2D eigenvalue weighted by atomic mass is 10.3. The van der Waals surface area contributed by atoms with Crippen molar-refractivity contribution in [3.63, 3.8) is 0 Å². The van der Waals surface area contributed by atoms with Gasteiger partial charge in [0, 0.05) is 38.4 Å². The van der Waals surface area contributed by atoms with Gasteiger partial charge in [0.2, 0.25) is 10.0 Å². The number of aryl methyl sites for hydroxylation is 1. The maximum atomic E-state index is 13.0. The summed E-state index contributed by atoms with van der Waals surface area (Å²) >= 11 is 0. The number of ether oxygens (including phenoxy) is 1. The van der Waals surface area contributed by atoms with E-state index in [9.17, 15) is 21.6 Å². The van der Waals surface area contributed by atoms with E-state index in [1.54, 1.807) is 12.3 Å². The maximum absolute atomic E-state index is 13.0. The molecule has 180 valence electrons. The van der Waals surface area contributed by atoms with Crippen LogP contribution >= 0.6 is 0 Å². The van der Waals surface area contributed by atoms with Crippen LogP contribution in [0.15, 0.2) is 59.9 Å². The van der Waals surface area contributed by atoms with Crippen LogP contribution in [0, 0.1) is 6.92 Å². The van der Waals surface area contributed by atoms with Gasteiger partial charge in [0.25, 0.3) is 0 Å². The third-order valence-corrected chi connectivity index (χ3v) is 7.02. The van der Waals surface area contributed by atoms with Crippen LogP contribution in [0.25, 0.3) is 0 Å². The second-order valence-corrected chi connectivity index (χ2v) is 9.40. The van der Waals surface area contributed by atoms with Crippen molar-refractivity contribution in [2.24, 2.45) is 0 Å². The molecule has 1 aliphatic heterocycles. The Labute approximate surface area is 194 Å². The molecule has 1 saturated heterocycles. The summed E-state index contributed by atoms with van der Waals surface area (Å²) in [4.78, 5) is 14.0. The minimum absolute atomic E-state index is 0.0644. The predicted molar refractivity (Wildman–Crippen MR) is 118 cm³/mol. The first kappa shape index (κ1) is 23.7. The normalized spacial score (nSPS) is 15.2. The zero-order chi connectivity index (χ0) is 24.3. The summed E-state index contributed by atoms with van der Waals surface area (Å²) in [6.45, 7) is 2.66. The van der Waals surface area contributed by atoms with Crippen molar-refractivity contribution < 1.29 is 26.3 Å². The molecule has 0 amide bonds. The van der Waals surface area contributed by atoms with Gasteiger partial charge >= 0.3 is 6.36 Å². The van der Waals surface area contributed by atoms with Crippen LogP contribution in [0.4, 0.5) is 30.6 Å². The Morgan fingerprint density at radius 3 is 2.38 bits per heavy atom. The van der Waals surface area contributed by atoms with Crippen LogP contribution < -0.4 is 15.0 Å². The highest BCUT2D eigenvalue weighted by atomic mass is 32.2. The van der Waals surface area contributed by atoms with Gasteiger partial charge in [0.15, 0.2) is 0 Å². The van der Waals surface area contributed by atoms with E-state index in [0.717, 1.165) is 22.0 Å². The molecular formula is C21H21F3N6O3S. The monoisotopic (exact) mass is 494 g/mol. The predicted octanol–water partition coefficient (Wildman–Crippen LogP) is 3.33. The molecule has 13 heteroatoms. The molecule has 0 radical (unpaired) electrons. The van der Waals surface area contributed by atoms with Crippen LogP contribution in [-0.2, 0) is 10.0 Å². The quantitative estimate of drug-likeness (QED) is 0.557. The van der Waals surface area contributed by atoms with Crippen molar-refractivity contribution in [2.45, 2.75) is 18.2 Å². The van der Waals surface area contributed by atoms with Gasteiger partial charge in [-0.3, -0.25) is 0 Å². The average molecular weight is 494 g/mol. The van der Waals surface area contributed by atoms with Gasteiger partial charge in [-0.2, -0.15) is 4.31 Å². The summed E-state index contributed by atoms with van der Waals surface area (Å²) in [5, 5.41) is 3.10. The van der Waals surface area contributed by atoms with Gasteiger partial charge in [-0.15, -0.1) is 13.2 Å². The van der Waals surface area contributed by atoms with E-state index >= 15 is 0 Å². The summed E-state index contributed by atoms with van der Waals surface area (Å²) in [6.07, 6.45) is -1.93. The molecule has 9 nitrogen and oxygen atoms in total. The second-order valence-electron chi connectivity index (χ2n) is 7.49. The number of sulfonamides is 1. The summed E-state index contributed by atoms with van der Waals surface area (Å²) < 4.78 is 69.3. The smallest absolute Gasteiger partial charge is 0.404 e. The molecule has 1 fully saturated rings. The molecule has 0 spiro atoms. The number of rotatable bonds is 6. The van der Waals surface area contributed by atoms with Crippen LogP contribution in [0.2, 0.25) is 0 Å². The van der Waals surface area contributed by atoms with Crippen molar-refractivity contribution in [3.05, 3.63) is 60.6 Å². The Bertz CT molecular complexity index is 1260. The molecule has 1 aliphatic rings. The molecule has 1 N–H and O–H groups in total. The summed E-state index contributed by atoms with van der Waals surface area (Å²) in [7, 11) is -4.20. The number of halogens is 3. The first-order valence-corrected chi connectivity index (χ1v) is 11.7. The van der Waals surface area contributed by atoms with Crippen molar-refractivity contribution in [2.75, 3.05) is 36.4 Å². The van der Waals surface area contributed by atoms with Crippen LogP contribution in [0.1, 0.15) is 5.56 Å². The molecule has 34 heavy (non-hydrogen) atoms. The molecule has 2 aromatic heterocycles. The van der Waals surface area contributed by atoms with E-state index in [0.29, 0.717) is 30.5 Å². The minimum atomic E-state index is -5.00. The van der Waals surface area contributed by atoms with E-state index in [-0.39, 0.29) is 13.1 Å². The average Bonchev–Trinajstić information content (AvgIpc) is 2.79. The fourth-order valence-electron chi connectivity index (χ4n) is 3.49. The van der Waals surface area contributed by atoms with Gasteiger partial charge in [-0.25, -0.2) is 23.4 Å². The van der Waals surface area contributed by atoms with Gasteiger partial charge in [-0.05, 0) is 36.8 Å². The topological polar surface area (TPSA) is 101 Å². The first-order valence-electron chi connectivity index (χ1n) is 10.2. The zero-order valence-electron chi connectivity index (χ0n) is 18.0. The molecule has 0 saturated carbocycles. The summed E-state index contributed by atoms with van der Waals surface area (Å²) in [5.41, 5.74) is 1.03. The number of anilines is 3. The molecule has 0 unspecified atom stereocenters. The van der Waals surface area contributed by atoms with Crippen molar-refractivity contribution in [1.29, 1.82) is 0 Å². The summed E-state index contributed by atoms with van der Waals surface area (Å²) in [6, 6.07) is 10.2. The second kappa shape index (κ2) is 9.43. The minimum Gasteiger partial charge on any atom is -0.404 e. The SMILES string of the molecule is Cc1ccnc(Nc2cc(N3CCN(S(=O)(=O)c4ccccc4OC(F)(F)F)CC3)ncn2)c1. The molecule has 0 atom stereocenters. The molecule has 1 aromatic carbocycles. The summed E-state index contributed by atoms with van der Waals surface area (Å²) in [5.74, 6) is 0.980. The number of nitrogens with zero attached hydrogens (tertiary/aromatic N) is 5. The van der Waals surface area contributed by atoms with Crippen molar-refractivity contribution >= 4 is 27.5 Å². The van der Waals surface area contributed by atoms with Crippen LogP contribution in [0.5, 0.6) is 5.75 Å². The van der Waals surface area contributed by atoms with E-state index in [1.807, 2.05) is 24.0 Å². The highest BCUT2D eigenvalue weighted by molar-refractivity contribution is 7.89. The number of hydrogen-bond donors (Lipinski definition) is 1. The van der Waals surface area contributed by atoms with E-state index in [4.69, 9.17) is 0 Å². The lowest BCUT2D eigenvalue weighted by molar-refractivity contribution is -0.275. The van der Waals surface area contributed by atoms with E-state index in [2.05, 4.69) is 25.0 Å². The van der Waals surface area contributed by atoms with Gasteiger partial charge in [-0.1, -0.05) is 12.1 Å². The molecule has 0 aliphatic carbocycles. The lowest BCUT2D eigenvalue weighted by Crippen LogP contribution is -2.49. The Morgan fingerprint density at radius 1 is 0.971 bits per heavy atom. The number of para-hydroxylation sites is 1. The van der Waals surface area contributed by atoms with Crippen molar-refractivity contribution in [1.82, 2.24) is 19.3 Å². The molecule has 3 heterocycles. The van der Waals surface area contributed by atoms with E-state index < -0.39 is 27.0 Å². The number of nitrogens with one attached hydrogen (secondary N) is 1. The Balaban J connectivity index is 1.46. The first-order chi connectivity index (χ1) is 16.1. The molecule has 0 bridgehead atoms. The van der Waals surface area contributed by atoms with Gasteiger partial charge in [0.05, 0.1) is 0 Å². The van der Waals surface area contributed by atoms with Gasteiger partial charge < -0.3 is 15.0 Å². The number of alkyl halides is 3. The third-order valence-electron chi connectivity index (χ3n) is 5.08. The Hall–Kier alpha value is -3.45. The highest BCUT2D eigenvalue weighted by Crippen LogP contribution is 2.32. The number of pyridine rings is 1. The standard InChI is InChI=1S/C21H21F3N6O3S/c1-15-6-7-25-18(12-15)28-19-13-20(27-14-26-19)29-8-10-30(11-9-29)34(31,32)17-5-3-2-4-16(17)33-21(22,23)24/h2-7,12-14H,8-11H2,1H3,(H,25,26,27,28). The lowest BCUT2D eigenvalue weighted by Gasteiger charge is -2.34. The molecule has 3 aromatic rings. The fraction of sp³-hybridized carbons (Fsp3) is 0.286. The van der Waals surface area contributed by atoms with Crippen LogP contribution in [-0.4, -0.2) is 60.2 Å². The highest BCUT2D eigenvalue weighted by Gasteiger charge is 2.36. The number of hydrogen-bond acceptors (Lipinski definition) is 8. The molecular weight excluding hydrogens is 473 g/mol. The third kappa shape index (κ3) is 5.54. The van der Waals surface area contributed by atoms with Gasteiger partial charge in [0.1, 0.15) is 34.4 Å².